The Morgan fingerprint density at radius 2 is 2.00 bits per heavy atom. The van der Waals surface area contributed by atoms with Crippen molar-refractivity contribution in [2.24, 2.45) is 0 Å². The van der Waals surface area contributed by atoms with E-state index in [0.29, 0.717) is 24.6 Å². The van der Waals surface area contributed by atoms with Crippen LogP contribution < -0.4 is 15.4 Å². The Labute approximate surface area is 142 Å². The summed E-state index contributed by atoms with van der Waals surface area (Å²) in [5.74, 6) is -0.182. The number of rotatable bonds is 8. The molecule has 0 unspecified atom stereocenters. The number of urea groups is 1. The van der Waals surface area contributed by atoms with Crippen molar-refractivity contribution in [3.8, 4) is 5.75 Å². The number of likely N-dealkylation sites (N-methyl/N-ethyl adjacent to an activating group) is 1. The molecule has 0 spiro atoms. The lowest BCUT2D eigenvalue weighted by Crippen LogP contribution is -2.55. The molecule has 132 valence electrons. The topological polar surface area (TPSA) is 90.9 Å². The number of ether oxygens (including phenoxy) is 1. The number of carboxylic acid groups (broad SMARTS) is 1. The lowest BCUT2D eigenvalue weighted by atomic mass is 9.85. The van der Waals surface area contributed by atoms with Gasteiger partial charge in [0.05, 0.1) is 18.8 Å². The SMILES string of the molecule is CCOc1ccccc1NC(=O)NC1CC(N(CC)CC(=O)O)C1. The van der Waals surface area contributed by atoms with Crippen LogP contribution >= 0.6 is 0 Å². The quantitative estimate of drug-likeness (QED) is 0.677. The molecule has 2 rings (SSSR count). The summed E-state index contributed by atoms with van der Waals surface area (Å²) in [6, 6.07) is 7.30. The van der Waals surface area contributed by atoms with Gasteiger partial charge in [-0.15, -0.1) is 0 Å². The summed E-state index contributed by atoms with van der Waals surface area (Å²) in [5.41, 5.74) is 0.633. The zero-order chi connectivity index (χ0) is 17.5. The predicted octanol–water partition coefficient (Wildman–Crippen LogP) is 2.14. The summed E-state index contributed by atoms with van der Waals surface area (Å²) in [4.78, 5) is 24.9. The van der Waals surface area contributed by atoms with Crippen molar-refractivity contribution in [2.75, 3.05) is 25.0 Å². The third kappa shape index (κ3) is 4.86. The number of anilines is 1. The Balaban J connectivity index is 1.80. The number of amides is 2. The Morgan fingerprint density at radius 3 is 2.62 bits per heavy atom. The third-order valence-electron chi connectivity index (χ3n) is 4.14. The first-order valence-electron chi connectivity index (χ1n) is 8.28. The molecule has 7 heteroatoms. The third-order valence-corrected chi connectivity index (χ3v) is 4.14. The number of hydrogen-bond acceptors (Lipinski definition) is 4. The summed E-state index contributed by atoms with van der Waals surface area (Å²) in [5, 5.41) is 14.6. The van der Waals surface area contributed by atoms with Crippen LogP contribution in [0.15, 0.2) is 24.3 Å². The van der Waals surface area contributed by atoms with E-state index in [2.05, 4.69) is 10.6 Å². The van der Waals surface area contributed by atoms with Crippen LogP contribution in [0, 0.1) is 0 Å². The first-order chi connectivity index (χ1) is 11.5. The molecule has 3 N–H and O–H groups in total. The first kappa shape index (κ1) is 18.1. The minimum Gasteiger partial charge on any atom is -0.492 e. The van der Waals surface area contributed by atoms with Gasteiger partial charge < -0.3 is 20.5 Å². The second kappa shape index (κ2) is 8.54. The van der Waals surface area contributed by atoms with Crippen LogP contribution in [-0.2, 0) is 4.79 Å². The molecule has 0 radical (unpaired) electrons. The molecule has 0 atom stereocenters. The lowest BCUT2D eigenvalue weighted by Gasteiger charge is -2.42. The monoisotopic (exact) mass is 335 g/mol. The molecule has 0 bridgehead atoms. The van der Waals surface area contributed by atoms with E-state index >= 15 is 0 Å². The van der Waals surface area contributed by atoms with Gasteiger partial charge in [-0.3, -0.25) is 9.69 Å². The second-order valence-electron chi connectivity index (χ2n) is 5.81. The highest BCUT2D eigenvalue weighted by Gasteiger charge is 2.34. The van der Waals surface area contributed by atoms with Crippen LogP contribution in [0.3, 0.4) is 0 Å². The molecular formula is C17H25N3O4. The lowest BCUT2D eigenvalue weighted by molar-refractivity contribution is -0.139. The van der Waals surface area contributed by atoms with Crippen LogP contribution in [-0.4, -0.2) is 53.8 Å². The van der Waals surface area contributed by atoms with Crippen LogP contribution in [0.5, 0.6) is 5.75 Å². The van der Waals surface area contributed by atoms with E-state index in [1.165, 1.54) is 0 Å². The molecule has 1 aliphatic carbocycles. The number of nitrogens with zero attached hydrogens (tertiary/aromatic N) is 1. The van der Waals surface area contributed by atoms with Crippen molar-refractivity contribution < 1.29 is 19.4 Å². The van der Waals surface area contributed by atoms with Gasteiger partial charge in [0.25, 0.3) is 0 Å². The fourth-order valence-corrected chi connectivity index (χ4v) is 2.87. The highest BCUT2D eigenvalue weighted by atomic mass is 16.5. The van der Waals surface area contributed by atoms with Gasteiger partial charge in [-0.2, -0.15) is 0 Å². The van der Waals surface area contributed by atoms with Crippen molar-refractivity contribution in [3.05, 3.63) is 24.3 Å². The molecular weight excluding hydrogens is 310 g/mol. The van der Waals surface area contributed by atoms with Crippen LogP contribution in [0.4, 0.5) is 10.5 Å². The molecule has 0 aliphatic heterocycles. The summed E-state index contributed by atoms with van der Waals surface area (Å²) in [6.45, 7) is 5.10. The number of carbonyl (C=O) groups excluding carboxylic acids is 1. The number of aliphatic carboxylic acids is 1. The van der Waals surface area contributed by atoms with Crippen molar-refractivity contribution in [1.82, 2.24) is 10.2 Å². The van der Waals surface area contributed by atoms with Crippen LogP contribution in [0.2, 0.25) is 0 Å². The molecule has 1 aliphatic rings. The number of para-hydroxylation sites is 2. The zero-order valence-electron chi connectivity index (χ0n) is 14.1. The maximum atomic E-state index is 12.1. The number of nitrogens with one attached hydrogen (secondary N) is 2. The minimum absolute atomic E-state index is 0.0435. The smallest absolute Gasteiger partial charge is 0.319 e. The molecule has 0 saturated heterocycles. The first-order valence-corrected chi connectivity index (χ1v) is 8.28. The number of benzene rings is 1. The van der Waals surface area contributed by atoms with E-state index < -0.39 is 5.97 Å². The number of carbonyl (C=O) groups is 2. The largest absolute Gasteiger partial charge is 0.492 e. The molecule has 1 fully saturated rings. The summed E-state index contributed by atoms with van der Waals surface area (Å²) in [6.07, 6.45) is 1.53. The highest BCUT2D eigenvalue weighted by Crippen LogP contribution is 2.27. The molecule has 24 heavy (non-hydrogen) atoms. The molecule has 0 heterocycles. The Morgan fingerprint density at radius 1 is 1.29 bits per heavy atom. The Kier molecular flexibility index (Phi) is 6.43. The summed E-state index contributed by atoms with van der Waals surface area (Å²) < 4.78 is 5.48. The standard InChI is InChI=1S/C17H25N3O4/c1-3-20(11-16(21)22)13-9-12(10-13)18-17(23)19-14-7-5-6-8-15(14)24-4-2/h5-8,12-13H,3-4,9-11H2,1-2H3,(H,21,22)(H2,18,19,23). The van der Waals surface area contributed by atoms with Crippen molar-refractivity contribution in [1.29, 1.82) is 0 Å². The van der Waals surface area contributed by atoms with E-state index in [4.69, 9.17) is 9.84 Å². The molecule has 1 aromatic carbocycles. The minimum atomic E-state index is -0.821. The average Bonchev–Trinajstić information content (AvgIpc) is 2.50. The van der Waals surface area contributed by atoms with E-state index in [1.807, 2.05) is 36.9 Å². The maximum absolute atomic E-state index is 12.1. The molecule has 0 aromatic heterocycles. The molecule has 7 nitrogen and oxygen atoms in total. The summed E-state index contributed by atoms with van der Waals surface area (Å²) in [7, 11) is 0. The predicted molar refractivity (Wildman–Crippen MR) is 91.5 cm³/mol. The van der Waals surface area contributed by atoms with Gasteiger partial charge in [0.1, 0.15) is 5.75 Å². The van der Waals surface area contributed by atoms with E-state index in [0.717, 1.165) is 12.8 Å². The van der Waals surface area contributed by atoms with E-state index in [-0.39, 0.29) is 24.7 Å². The highest BCUT2D eigenvalue weighted by molar-refractivity contribution is 5.91. The number of hydrogen-bond donors (Lipinski definition) is 3. The van der Waals surface area contributed by atoms with Crippen LogP contribution in [0.25, 0.3) is 0 Å². The molecule has 1 saturated carbocycles. The second-order valence-corrected chi connectivity index (χ2v) is 5.81. The van der Waals surface area contributed by atoms with Gasteiger partial charge in [0.2, 0.25) is 0 Å². The average molecular weight is 335 g/mol. The van der Waals surface area contributed by atoms with E-state index in [9.17, 15) is 9.59 Å². The van der Waals surface area contributed by atoms with Gasteiger partial charge >= 0.3 is 12.0 Å². The molecule has 2 amide bonds. The van der Waals surface area contributed by atoms with Crippen molar-refractivity contribution >= 4 is 17.7 Å². The van der Waals surface area contributed by atoms with Gasteiger partial charge in [-0.25, -0.2) is 4.79 Å². The van der Waals surface area contributed by atoms with Crippen molar-refractivity contribution in [2.45, 2.75) is 38.8 Å². The van der Waals surface area contributed by atoms with Gasteiger partial charge in [-0.05, 0) is 38.4 Å². The van der Waals surface area contributed by atoms with Gasteiger partial charge in [0, 0.05) is 12.1 Å². The van der Waals surface area contributed by atoms with E-state index in [1.54, 1.807) is 6.07 Å². The normalized spacial score (nSPS) is 19.5. The summed E-state index contributed by atoms with van der Waals surface area (Å²) >= 11 is 0. The Bertz CT molecular complexity index is 573. The fraction of sp³-hybridized carbons (Fsp3) is 0.529. The van der Waals surface area contributed by atoms with Gasteiger partial charge in [0.15, 0.2) is 0 Å². The van der Waals surface area contributed by atoms with Crippen molar-refractivity contribution in [3.63, 3.8) is 0 Å². The fourth-order valence-electron chi connectivity index (χ4n) is 2.87. The Hall–Kier alpha value is -2.28. The van der Waals surface area contributed by atoms with Gasteiger partial charge in [-0.1, -0.05) is 19.1 Å². The number of carboxylic acids is 1. The maximum Gasteiger partial charge on any atom is 0.319 e. The van der Waals surface area contributed by atoms with Crippen LogP contribution in [0.1, 0.15) is 26.7 Å². The molecule has 1 aromatic rings. The zero-order valence-corrected chi connectivity index (χ0v) is 14.1.